The Balaban J connectivity index is 1.77. The molecule has 1 unspecified atom stereocenters. The summed E-state index contributed by atoms with van der Waals surface area (Å²) in [6.45, 7) is -0.141. The lowest BCUT2D eigenvalue weighted by Gasteiger charge is -2.17. The van der Waals surface area contributed by atoms with Crippen LogP contribution in [-0.4, -0.2) is 40.6 Å². The largest absolute Gasteiger partial charge is 0.479 e. The summed E-state index contributed by atoms with van der Waals surface area (Å²) in [5.41, 5.74) is -2.27. The number of likely N-dealkylation sites (tertiary alicyclic amines) is 1. The Kier molecular flexibility index (Phi) is 4.80. The van der Waals surface area contributed by atoms with Crippen LogP contribution in [0.25, 0.3) is 0 Å². The maximum absolute atomic E-state index is 13.8. The standard InChI is InChI=1S/C13H15BrFNO3S/c14-10-5-4-9(20-10)2-1-3-11(17)16-7-6-13(15,8-16)12(18)19/h4-5H,1-3,6-8H2,(H,18,19). The molecule has 1 fully saturated rings. The van der Waals surface area contributed by atoms with E-state index in [1.165, 1.54) is 9.78 Å². The number of carboxylic acid groups (broad SMARTS) is 1. The van der Waals surface area contributed by atoms with Crippen molar-refractivity contribution in [3.05, 3.63) is 20.8 Å². The van der Waals surface area contributed by atoms with Crippen LogP contribution in [0.3, 0.4) is 0 Å². The van der Waals surface area contributed by atoms with Crippen molar-refractivity contribution >= 4 is 39.1 Å². The van der Waals surface area contributed by atoms with Gasteiger partial charge in [0.15, 0.2) is 0 Å². The van der Waals surface area contributed by atoms with Gasteiger partial charge in [0.25, 0.3) is 0 Å². The Bertz CT molecular complexity index is 521. The second-order valence-electron chi connectivity index (χ2n) is 4.90. The fourth-order valence-electron chi connectivity index (χ4n) is 2.22. The molecule has 1 aromatic heterocycles. The molecule has 1 aliphatic heterocycles. The summed E-state index contributed by atoms with van der Waals surface area (Å²) in [4.78, 5) is 25.2. The van der Waals surface area contributed by atoms with E-state index < -0.39 is 11.6 Å². The van der Waals surface area contributed by atoms with Gasteiger partial charge in [0.05, 0.1) is 10.3 Å². The van der Waals surface area contributed by atoms with Crippen molar-refractivity contribution < 1.29 is 19.1 Å². The van der Waals surface area contributed by atoms with Crippen molar-refractivity contribution in [3.8, 4) is 0 Å². The molecular formula is C13H15BrFNO3S. The lowest BCUT2D eigenvalue weighted by atomic mass is 10.1. The number of carbonyl (C=O) groups excluding carboxylic acids is 1. The predicted molar refractivity (Wildman–Crippen MR) is 77.6 cm³/mol. The third-order valence-corrected chi connectivity index (χ3v) is 5.08. The van der Waals surface area contributed by atoms with Gasteiger partial charge >= 0.3 is 5.97 Å². The first-order valence-electron chi connectivity index (χ1n) is 6.35. The predicted octanol–water partition coefficient (Wildman–Crippen LogP) is 2.86. The number of thiophene rings is 1. The first-order valence-corrected chi connectivity index (χ1v) is 7.96. The van der Waals surface area contributed by atoms with E-state index in [1.807, 2.05) is 12.1 Å². The Morgan fingerprint density at radius 2 is 2.25 bits per heavy atom. The van der Waals surface area contributed by atoms with Crippen LogP contribution in [0.1, 0.15) is 24.1 Å². The summed E-state index contributed by atoms with van der Waals surface area (Å²) in [5.74, 6) is -1.64. The van der Waals surface area contributed by atoms with Crippen molar-refractivity contribution in [3.63, 3.8) is 0 Å². The molecule has 0 saturated carbocycles. The van der Waals surface area contributed by atoms with Gasteiger partial charge in [-0.05, 0) is 40.9 Å². The molecule has 0 spiro atoms. The molecule has 110 valence electrons. The van der Waals surface area contributed by atoms with Gasteiger partial charge in [-0.3, -0.25) is 4.79 Å². The smallest absolute Gasteiger partial charge is 0.343 e. The summed E-state index contributed by atoms with van der Waals surface area (Å²) in [6.07, 6.45) is 1.70. The second kappa shape index (κ2) is 6.22. The van der Waals surface area contributed by atoms with Gasteiger partial charge in [-0.25, -0.2) is 9.18 Å². The van der Waals surface area contributed by atoms with Crippen LogP contribution in [0.15, 0.2) is 15.9 Å². The molecule has 1 aliphatic rings. The molecule has 7 heteroatoms. The number of hydrogen-bond donors (Lipinski definition) is 1. The molecular weight excluding hydrogens is 349 g/mol. The minimum Gasteiger partial charge on any atom is -0.479 e. The van der Waals surface area contributed by atoms with Crippen molar-refractivity contribution in [1.82, 2.24) is 4.90 Å². The molecule has 20 heavy (non-hydrogen) atoms. The zero-order valence-corrected chi connectivity index (χ0v) is 13.2. The molecule has 0 bridgehead atoms. The van der Waals surface area contributed by atoms with E-state index in [2.05, 4.69) is 15.9 Å². The summed E-state index contributed by atoms with van der Waals surface area (Å²) in [5, 5.41) is 8.78. The van der Waals surface area contributed by atoms with Crippen molar-refractivity contribution in [1.29, 1.82) is 0 Å². The number of carbonyl (C=O) groups is 2. The first kappa shape index (κ1) is 15.4. The highest BCUT2D eigenvalue weighted by atomic mass is 79.9. The number of rotatable bonds is 5. The average molecular weight is 364 g/mol. The zero-order valence-electron chi connectivity index (χ0n) is 10.8. The average Bonchev–Trinajstić information content (AvgIpc) is 2.97. The number of aliphatic carboxylic acids is 1. The number of alkyl halides is 1. The summed E-state index contributed by atoms with van der Waals surface area (Å²) in [6, 6.07) is 3.97. The van der Waals surface area contributed by atoms with Gasteiger partial charge in [0.2, 0.25) is 11.6 Å². The molecule has 0 aromatic carbocycles. The number of nitrogens with zero attached hydrogens (tertiary/aromatic N) is 1. The van der Waals surface area contributed by atoms with E-state index in [4.69, 9.17) is 5.11 Å². The van der Waals surface area contributed by atoms with Gasteiger partial charge < -0.3 is 10.0 Å². The minimum atomic E-state index is -2.27. The van der Waals surface area contributed by atoms with E-state index in [0.717, 1.165) is 10.2 Å². The summed E-state index contributed by atoms with van der Waals surface area (Å²) < 4.78 is 14.9. The lowest BCUT2D eigenvalue weighted by Crippen LogP contribution is -2.38. The maximum atomic E-state index is 13.8. The topological polar surface area (TPSA) is 57.6 Å². The molecule has 1 amide bonds. The Morgan fingerprint density at radius 1 is 1.50 bits per heavy atom. The van der Waals surface area contributed by atoms with E-state index in [-0.39, 0.29) is 25.4 Å². The van der Waals surface area contributed by atoms with Crippen molar-refractivity contribution in [2.75, 3.05) is 13.1 Å². The maximum Gasteiger partial charge on any atom is 0.343 e. The van der Waals surface area contributed by atoms with Crippen LogP contribution in [0.2, 0.25) is 0 Å². The van der Waals surface area contributed by atoms with Crippen LogP contribution in [-0.2, 0) is 16.0 Å². The van der Waals surface area contributed by atoms with Gasteiger partial charge in [0, 0.05) is 24.3 Å². The Labute approximate surface area is 128 Å². The van der Waals surface area contributed by atoms with Gasteiger partial charge in [-0.15, -0.1) is 11.3 Å². The highest BCUT2D eigenvalue weighted by Crippen LogP contribution is 2.27. The molecule has 1 saturated heterocycles. The fraction of sp³-hybridized carbons (Fsp3) is 0.538. The zero-order chi connectivity index (χ0) is 14.8. The molecule has 4 nitrogen and oxygen atoms in total. The molecule has 1 atom stereocenters. The molecule has 0 radical (unpaired) electrons. The van der Waals surface area contributed by atoms with Crippen LogP contribution >= 0.6 is 27.3 Å². The van der Waals surface area contributed by atoms with Gasteiger partial charge in [-0.2, -0.15) is 0 Å². The first-order chi connectivity index (χ1) is 9.40. The monoisotopic (exact) mass is 363 g/mol. The van der Waals surface area contributed by atoms with Crippen molar-refractivity contribution in [2.24, 2.45) is 0 Å². The van der Waals surface area contributed by atoms with E-state index in [0.29, 0.717) is 12.8 Å². The quantitative estimate of drug-likeness (QED) is 0.874. The Morgan fingerprint density at radius 3 is 2.80 bits per heavy atom. The van der Waals surface area contributed by atoms with Crippen LogP contribution in [0, 0.1) is 0 Å². The number of halogens is 2. The number of hydrogen-bond acceptors (Lipinski definition) is 3. The van der Waals surface area contributed by atoms with Crippen LogP contribution < -0.4 is 0 Å². The van der Waals surface area contributed by atoms with Crippen LogP contribution in [0.5, 0.6) is 0 Å². The number of amides is 1. The minimum absolute atomic E-state index is 0.119. The molecule has 1 N–H and O–H groups in total. The molecule has 0 aliphatic carbocycles. The lowest BCUT2D eigenvalue weighted by molar-refractivity contribution is -0.150. The van der Waals surface area contributed by atoms with E-state index in [9.17, 15) is 14.0 Å². The fourth-order valence-corrected chi connectivity index (χ4v) is 3.74. The summed E-state index contributed by atoms with van der Waals surface area (Å²) >= 11 is 5.01. The Hall–Kier alpha value is -0.950. The molecule has 1 aromatic rings. The highest BCUT2D eigenvalue weighted by Gasteiger charge is 2.46. The number of carboxylic acids is 1. The van der Waals surface area contributed by atoms with Gasteiger partial charge in [-0.1, -0.05) is 0 Å². The SMILES string of the molecule is O=C(CCCc1ccc(Br)s1)N1CCC(F)(C(=O)O)C1. The van der Waals surface area contributed by atoms with E-state index in [1.54, 1.807) is 11.3 Å². The third-order valence-electron chi connectivity index (χ3n) is 3.40. The molecule has 2 rings (SSSR count). The normalized spacial score (nSPS) is 22.2. The van der Waals surface area contributed by atoms with E-state index >= 15 is 0 Å². The van der Waals surface area contributed by atoms with Crippen LogP contribution in [0.4, 0.5) is 4.39 Å². The third kappa shape index (κ3) is 3.58. The summed E-state index contributed by atoms with van der Waals surface area (Å²) in [7, 11) is 0. The van der Waals surface area contributed by atoms with Crippen molar-refractivity contribution in [2.45, 2.75) is 31.4 Å². The highest BCUT2D eigenvalue weighted by molar-refractivity contribution is 9.11. The number of aryl methyl sites for hydroxylation is 1. The molecule has 2 heterocycles. The second-order valence-corrected chi connectivity index (χ2v) is 7.44. The van der Waals surface area contributed by atoms with Gasteiger partial charge in [0.1, 0.15) is 0 Å².